The second-order valence-corrected chi connectivity index (χ2v) is 13.1. The third-order valence-electron chi connectivity index (χ3n) is 9.67. The van der Waals surface area contributed by atoms with E-state index in [2.05, 4.69) is 101 Å². The average Bonchev–Trinajstić information content (AvgIpc) is 3.90. The van der Waals surface area contributed by atoms with Crippen LogP contribution in [0.15, 0.2) is 191 Å². The fourth-order valence-corrected chi connectivity index (χ4v) is 6.86. The Morgan fingerprint density at radius 2 is 0.870 bits per heavy atom. The molecule has 6 aromatic carbocycles. The summed E-state index contributed by atoms with van der Waals surface area (Å²) in [5.74, 6) is 1.23. The molecule has 4 aromatic heterocycles. The van der Waals surface area contributed by atoms with Crippen molar-refractivity contribution in [3.8, 4) is 78.9 Å². The van der Waals surface area contributed by atoms with E-state index in [0.29, 0.717) is 11.8 Å². The fraction of sp³-hybridized carbons (Fsp3) is 0. The molecule has 0 aliphatic carbocycles. The lowest BCUT2D eigenvalue weighted by Gasteiger charge is -2.13. The topological polar surface area (TPSA) is 77.8 Å². The molecule has 6 nitrogen and oxygen atoms in total. The Morgan fingerprint density at radius 1 is 0.333 bits per heavy atom. The van der Waals surface area contributed by atoms with Crippen LogP contribution in [0.25, 0.3) is 101 Å². The lowest BCUT2D eigenvalue weighted by Crippen LogP contribution is -1.94. The smallest absolute Gasteiger partial charge is 0.227 e. The number of nitrogens with zero attached hydrogens (tertiary/aromatic N) is 4. The summed E-state index contributed by atoms with van der Waals surface area (Å²) in [5, 5.41) is 0. The van der Waals surface area contributed by atoms with Gasteiger partial charge in [0.05, 0.1) is 17.1 Å². The van der Waals surface area contributed by atoms with Crippen molar-refractivity contribution >= 4 is 22.2 Å². The number of benzene rings is 6. The highest BCUT2D eigenvalue weighted by Gasteiger charge is 2.15. The van der Waals surface area contributed by atoms with E-state index in [4.69, 9.17) is 18.8 Å². The van der Waals surface area contributed by atoms with Crippen molar-refractivity contribution in [2.45, 2.75) is 0 Å². The first-order valence-corrected chi connectivity index (χ1v) is 17.8. The van der Waals surface area contributed by atoms with Crippen molar-refractivity contribution in [2.75, 3.05) is 0 Å². The summed E-state index contributed by atoms with van der Waals surface area (Å²) in [7, 11) is 0. The van der Waals surface area contributed by atoms with E-state index in [1.165, 1.54) is 0 Å². The van der Waals surface area contributed by atoms with Crippen LogP contribution in [0.2, 0.25) is 0 Å². The average molecular weight is 695 g/mol. The maximum Gasteiger partial charge on any atom is 0.227 e. The normalized spacial score (nSPS) is 11.3. The van der Waals surface area contributed by atoms with Crippen LogP contribution in [0.1, 0.15) is 0 Å². The van der Waals surface area contributed by atoms with Crippen molar-refractivity contribution < 1.29 is 8.83 Å². The van der Waals surface area contributed by atoms with Crippen LogP contribution in [-0.4, -0.2) is 19.9 Å². The van der Waals surface area contributed by atoms with Gasteiger partial charge in [0.2, 0.25) is 11.8 Å². The van der Waals surface area contributed by atoms with Crippen molar-refractivity contribution in [3.05, 3.63) is 182 Å². The summed E-state index contributed by atoms with van der Waals surface area (Å²) >= 11 is 0. The Hall–Kier alpha value is -7.44. The van der Waals surface area contributed by atoms with Gasteiger partial charge in [-0.15, -0.1) is 0 Å². The van der Waals surface area contributed by atoms with Gasteiger partial charge in [-0.25, -0.2) is 15.0 Å². The first-order valence-electron chi connectivity index (χ1n) is 17.8. The van der Waals surface area contributed by atoms with Gasteiger partial charge in [-0.1, -0.05) is 103 Å². The number of hydrogen-bond donors (Lipinski definition) is 0. The number of pyridine rings is 2. The van der Waals surface area contributed by atoms with Crippen LogP contribution in [-0.2, 0) is 0 Å². The molecular formula is C48H30N4O2. The monoisotopic (exact) mass is 694 g/mol. The Bertz CT molecular complexity index is 2850. The molecule has 0 saturated heterocycles. The van der Waals surface area contributed by atoms with Crippen LogP contribution in [0.3, 0.4) is 0 Å². The second kappa shape index (κ2) is 13.3. The van der Waals surface area contributed by atoms with Gasteiger partial charge in [0, 0.05) is 28.5 Å². The maximum absolute atomic E-state index is 6.05. The van der Waals surface area contributed by atoms with Gasteiger partial charge < -0.3 is 8.83 Å². The standard InChI is InChI=1S/C48H30N4O2/c1-3-13-44-42(11-1)51-47(53-44)36-25-19-32(20-26-36)31-17-23-35(24-18-31)46-39(27-28-41(50-46)40-10-5-6-29-49-40)34-21-15-33(16-22-34)37-8-7-9-38(30-37)48-52-43-12-2-4-14-45(43)54-48/h1-30H. The first kappa shape index (κ1) is 31.3. The van der Waals surface area contributed by atoms with Gasteiger partial charge in [-0.3, -0.25) is 4.98 Å². The second-order valence-electron chi connectivity index (χ2n) is 13.1. The van der Waals surface area contributed by atoms with Crippen LogP contribution in [0.4, 0.5) is 0 Å². The zero-order valence-electron chi connectivity index (χ0n) is 28.9. The van der Waals surface area contributed by atoms with E-state index < -0.39 is 0 Å². The van der Waals surface area contributed by atoms with Gasteiger partial charge >= 0.3 is 0 Å². The summed E-state index contributed by atoms with van der Waals surface area (Å²) in [4.78, 5) is 19.1. The maximum atomic E-state index is 6.05. The molecule has 254 valence electrons. The number of rotatable bonds is 7. The molecule has 0 N–H and O–H groups in total. The van der Waals surface area contributed by atoms with E-state index in [0.717, 1.165) is 89.4 Å². The third kappa shape index (κ3) is 5.91. The molecule has 0 fully saturated rings. The molecule has 10 rings (SSSR count). The molecule has 54 heavy (non-hydrogen) atoms. The third-order valence-corrected chi connectivity index (χ3v) is 9.67. The minimum Gasteiger partial charge on any atom is -0.436 e. The molecule has 0 bridgehead atoms. The van der Waals surface area contributed by atoms with Crippen molar-refractivity contribution in [1.82, 2.24) is 19.9 Å². The summed E-state index contributed by atoms with van der Waals surface area (Å²) in [5.41, 5.74) is 15.2. The molecule has 0 unspecified atom stereocenters. The minimum absolute atomic E-state index is 0.612. The molecule has 0 saturated carbocycles. The van der Waals surface area contributed by atoms with Gasteiger partial charge in [-0.05, 0) is 101 Å². The number of hydrogen-bond acceptors (Lipinski definition) is 6. The molecular weight excluding hydrogens is 665 g/mol. The molecule has 0 amide bonds. The SMILES string of the molecule is c1ccc(-c2ccc(-c3ccc(-c4cccc(-c5nc6ccccc6o5)c4)cc3)c(-c3ccc(-c4ccc(-c5nc6ccccc6o5)cc4)cc3)n2)nc1. The van der Waals surface area contributed by atoms with Crippen LogP contribution in [0.5, 0.6) is 0 Å². The molecule has 0 aliphatic heterocycles. The molecule has 4 heterocycles. The summed E-state index contributed by atoms with van der Waals surface area (Å²) in [6, 6.07) is 59.6. The highest BCUT2D eigenvalue weighted by molar-refractivity contribution is 5.85. The van der Waals surface area contributed by atoms with Crippen molar-refractivity contribution in [1.29, 1.82) is 0 Å². The number of aromatic nitrogens is 4. The van der Waals surface area contributed by atoms with E-state index in [1.54, 1.807) is 6.20 Å². The summed E-state index contributed by atoms with van der Waals surface area (Å²) < 4.78 is 12.0. The predicted octanol–water partition coefficient (Wildman–Crippen LogP) is 12.4. The molecule has 0 radical (unpaired) electrons. The van der Waals surface area contributed by atoms with Crippen LogP contribution < -0.4 is 0 Å². The highest BCUT2D eigenvalue weighted by atomic mass is 16.4. The lowest BCUT2D eigenvalue weighted by molar-refractivity contribution is 0.619. The molecule has 10 aromatic rings. The number of para-hydroxylation sites is 4. The Balaban J connectivity index is 0.964. The molecule has 0 spiro atoms. The molecule has 6 heteroatoms. The van der Waals surface area contributed by atoms with Gasteiger partial charge in [0.15, 0.2) is 11.2 Å². The predicted molar refractivity (Wildman–Crippen MR) is 215 cm³/mol. The van der Waals surface area contributed by atoms with E-state index in [-0.39, 0.29) is 0 Å². The Morgan fingerprint density at radius 3 is 1.50 bits per heavy atom. The largest absolute Gasteiger partial charge is 0.436 e. The molecule has 0 atom stereocenters. The first-order chi connectivity index (χ1) is 26.7. The summed E-state index contributed by atoms with van der Waals surface area (Å²) in [6.45, 7) is 0. The molecule has 0 aliphatic rings. The quantitative estimate of drug-likeness (QED) is 0.165. The number of oxazole rings is 2. The van der Waals surface area contributed by atoms with E-state index >= 15 is 0 Å². The Labute approximate surface area is 311 Å². The number of fused-ring (bicyclic) bond motifs is 2. The van der Waals surface area contributed by atoms with Gasteiger partial charge in [-0.2, -0.15) is 0 Å². The zero-order valence-corrected chi connectivity index (χ0v) is 28.9. The van der Waals surface area contributed by atoms with E-state index in [1.807, 2.05) is 84.9 Å². The van der Waals surface area contributed by atoms with Gasteiger partial charge in [0.25, 0.3) is 0 Å². The lowest BCUT2D eigenvalue weighted by atomic mass is 9.95. The fourth-order valence-electron chi connectivity index (χ4n) is 6.86. The Kier molecular flexibility index (Phi) is 7.69. The zero-order chi connectivity index (χ0) is 35.8. The van der Waals surface area contributed by atoms with Crippen molar-refractivity contribution in [2.24, 2.45) is 0 Å². The van der Waals surface area contributed by atoms with E-state index in [9.17, 15) is 0 Å². The van der Waals surface area contributed by atoms with Gasteiger partial charge in [0.1, 0.15) is 11.0 Å². The van der Waals surface area contributed by atoms with Crippen molar-refractivity contribution in [3.63, 3.8) is 0 Å². The summed E-state index contributed by atoms with van der Waals surface area (Å²) in [6.07, 6.45) is 1.80. The highest BCUT2D eigenvalue weighted by Crippen LogP contribution is 2.36. The van der Waals surface area contributed by atoms with Crippen LogP contribution in [0, 0.1) is 0 Å². The van der Waals surface area contributed by atoms with Crippen LogP contribution >= 0.6 is 0 Å². The minimum atomic E-state index is 0.612.